The summed E-state index contributed by atoms with van der Waals surface area (Å²) in [5.74, 6) is 5.17. The van der Waals surface area contributed by atoms with Crippen LogP contribution in [-0.4, -0.2) is 39.9 Å². The van der Waals surface area contributed by atoms with Crippen molar-refractivity contribution in [2.24, 2.45) is 0 Å². The molecule has 0 fully saturated rings. The van der Waals surface area contributed by atoms with Crippen molar-refractivity contribution in [3.05, 3.63) is 382 Å². The highest BCUT2D eigenvalue weighted by molar-refractivity contribution is 6.31. The SMILES string of the molecule is CC(C)c1ccc2cccnc2c1.CC(C)c1ccc2cccnc2c1.CC(C)c1ccc2ncc(Cl)cc2c1.CC(C)c1ccc2ncccc2c1.CC(C)c1cccc2ccccc12.CC(C)c1cccc2cccnc12.Cc1cnc2ccc(C(C)C)cc2c1.Cc1cnc2ccc(C(C)C)cc2c1.Cc1cnc2ccc(C(C)C)cc2c1. The van der Waals surface area contributed by atoms with Gasteiger partial charge in [0.1, 0.15) is 0 Å². The van der Waals surface area contributed by atoms with Gasteiger partial charge in [-0.3, -0.25) is 39.9 Å². The van der Waals surface area contributed by atoms with Gasteiger partial charge < -0.3 is 0 Å². The summed E-state index contributed by atoms with van der Waals surface area (Å²) in [4.78, 5) is 34.7. The fourth-order valence-electron chi connectivity index (χ4n) is 14.0. The summed E-state index contributed by atoms with van der Waals surface area (Å²) in [7, 11) is 0. The van der Waals surface area contributed by atoms with Crippen LogP contribution in [0, 0.1) is 20.8 Å². The van der Waals surface area contributed by atoms with E-state index in [2.05, 4.69) is 410 Å². The first-order valence-corrected chi connectivity index (χ1v) is 43.4. The van der Waals surface area contributed by atoms with Gasteiger partial charge in [-0.25, -0.2) is 0 Å². The van der Waals surface area contributed by atoms with Crippen LogP contribution in [0.25, 0.3) is 98.0 Å². The number of benzene rings is 10. The number of para-hydroxylation sites is 1. The zero-order valence-corrected chi connectivity index (χ0v) is 75.9. The van der Waals surface area contributed by atoms with Gasteiger partial charge in [0.25, 0.3) is 0 Å². The molecule has 18 aromatic rings. The van der Waals surface area contributed by atoms with Gasteiger partial charge in [-0.1, -0.05) is 276 Å². The molecule has 0 saturated heterocycles. The third-order valence-electron chi connectivity index (χ3n) is 21.5. The first kappa shape index (κ1) is 91.3. The summed E-state index contributed by atoms with van der Waals surface area (Å²) in [5.41, 5.74) is 24.6. The van der Waals surface area contributed by atoms with Crippen LogP contribution in [0.4, 0.5) is 0 Å². The number of aryl methyl sites for hydroxylation is 3. The predicted octanol–water partition coefficient (Wildman–Crippen LogP) is 32.4. The van der Waals surface area contributed by atoms with Crippen LogP contribution in [0.2, 0.25) is 5.02 Å². The number of fused-ring (bicyclic) bond motifs is 9. The Morgan fingerprint density at radius 3 is 0.884 bits per heavy atom. The van der Waals surface area contributed by atoms with Crippen LogP contribution >= 0.6 is 11.6 Å². The van der Waals surface area contributed by atoms with Crippen LogP contribution < -0.4 is 0 Å². The topological polar surface area (TPSA) is 103 Å². The number of nitrogens with zero attached hydrogens (tertiary/aromatic N) is 8. The van der Waals surface area contributed by atoms with E-state index < -0.39 is 0 Å². The standard InChI is InChI=1S/3C13H15N.C13H14.C12H12ClN.4C12H13N/c3*1-9(2)11-4-5-13-12(7-11)6-10(3)8-14-13;1-10(2)12-9-5-7-11-6-3-4-8-13(11)12;1-8(2)9-3-4-12-10(5-9)6-11(13)7-14-12;1-9(2)11-7-3-5-10-6-4-8-13-12(10)11;1-9(2)10-5-6-12-11(8-10)4-3-7-13-12;2*1-9(2)11-6-5-10-4-3-7-13-12(10)8-11/h3*4-9H,1-3H3;3-10H,1-2H3;3-8H,1-2H3;4*3-9H,1-2H3. The molecule has 0 spiro atoms. The molecule has 121 heavy (non-hydrogen) atoms. The Hall–Kier alpha value is -12.0. The molecule has 8 aromatic heterocycles. The van der Waals surface area contributed by atoms with Crippen molar-refractivity contribution >= 4 is 110 Å². The highest BCUT2D eigenvalue weighted by Gasteiger charge is 2.10. The van der Waals surface area contributed by atoms with E-state index in [0.29, 0.717) is 58.3 Å². The molecule has 10 aromatic carbocycles. The second kappa shape index (κ2) is 44.4. The van der Waals surface area contributed by atoms with Crippen molar-refractivity contribution in [1.29, 1.82) is 0 Å². The molecular weight excluding hydrogens is 1490 g/mol. The first-order valence-electron chi connectivity index (χ1n) is 43.1. The van der Waals surface area contributed by atoms with Gasteiger partial charge in [0.05, 0.1) is 49.2 Å². The number of aromatic nitrogens is 8. The second-order valence-corrected chi connectivity index (χ2v) is 34.7. The monoisotopic (exact) mass is 1610 g/mol. The number of halogens is 1. The average molecular weight is 1620 g/mol. The summed E-state index contributed by atoms with van der Waals surface area (Å²) < 4.78 is 0. The summed E-state index contributed by atoms with van der Waals surface area (Å²) in [6, 6.07) is 91.5. The lowest BCUT2D eigenvalue weighted by molar-refractivity contribution is 0.868. The molecule has 0 bridgehead atoms. The van der Waals surface area contributed by atoms with E-state index in [1.165, 1.54) is 115 Å². The van der Waals surface area contributed by atoms with E-state index >= 15 is 0 Å². The summed E-state index contributed by atoms with van der Waals surface area (Å²) >= 11 is 5.89. The minimum absolute atomic E-state index is 0.540. The second-order valence-electron chi connectivity index (χ2n) is 34.2. The van der Waals surface area contributed by atoms with E-state index in [9.17, 15) is 0 Å². The van der Waals surface area contributed by atoms with Crippen molar-refractivity contribution in [1.82, 2.24) is 39.9 Å². The molecule has 0 unspecified atom stereocenters. The summed E-state index contributed by atoms with van der Waals surface area (Å²) in [6.45, 7) is 45.9. The highest BCUT2D eigenvalue weighted by Crippen LogP contribution is 2.30. The van der Waals surface area contributed by atoms with E-state index in [1.54, 1.807) is 6.20 Å². The fraction of sp³-hybridized carbons (Fsp3) is 0.268. The van der Waals surface area contributed by atoms with Gasteiger partial charge in [0.2, 0.25) is 0 Å². The molecule has 0 N–H and O–H groups in total. The molecule has 0 aliphatic carbocycles. The molecule has 18 rings (SSSR count). The zero-order chi connectivity index (χ0) is 86.8. The predicted molar refractivity (Wildman–Crippen MR) is 524 cm³/mol. The van der Waals surface area contributed by atoms with Gasteiger partial charge in [-0.15, -0.1) is 0 Å². The van der Waals surface area contributed by atoms with Gasteiger partial charge in [0.15, 0.2) is 0 Å². The van der Waals surface area contributed by atoms with Crippen molar-refractivity contribution in [2.45, 2.75) is 199 Å². The van der Waals surface area contributed by atoms with Crippen molar-refractivity contribution in [2.75, 3.05) is 0 Å². The molecule has 9 heteroatoms. The van der Waals surface area contributed by atoms with Crippen LogP contribution in [0.15, 0.2) is 310 Å². The molecule has 0 aliphatic rings. The minimum Gasteiger partial charge on any atom is -0.256 e. The smallest absolute Gasteiger partial charge is 0.0736 e. The Bertz CT molecular complexity index is 5710. The largest absolute Gasteiger partial charge is 0.256 e. The Morgan fingerprint density at radius 1 is 0.198 bits per heavy atom. The average Bonchev–Trinajstić information content (AvgIpc) is 0.825. The number of pyridine rings is 8. The maximum absolute atomic E-state index is 5.89. The number of hydrogen-bond acceptors (Lipinski definition) is 8. The van der Waals surface area contributed by atoms with Crippen molar-refractivity contribution < 1.29 is 0 Å². The van der Waals surface area contributed by atoms with Crippen LogP contribution in [0.3, 0.4) is 0 Å². The molecular formula is C112H123ClN8. The molecule has 0 atom stereocenters. The van der Waals surface area contributed by atoms with Crippen LogP contribution in [0.1, 0.15) is 245 Å². The first-order chi connectivity index (χ1) is 58.0. The van der Waals surface area contributed by atoms with Crippen molar-refractivity contribution in [3.8, 4) is 0 Å². The third kappa shape index (κ3) is 26.5. The fourth-order valence-corrected chi connectivity index (χ4v) is 14.2. The molecule has 8 heterocycles. The van der Waals surface area contributed by atoms with E-state index in [4.69, 9.17) is 11.6 Å². The maximum atomic E-state index is 5.89. The molecule has 618 valence electrons. The van der Waals surface area contributed by atoms with E-state index in [0.717, 1.165) is 49.5 Å². The lowest BCUT2D eigenvalue weighted by atomic mass is 9.96. The number of hydrogen-bond donors (Lipinski definition) is 0. The van der Waals surface area contributed by atoms with Crippen LogP contribution in [0.5, 0.6) is 0 Å². The lowest BCUT2D eigenvalue weighted by Crippen LogP contribution is -1.90. The molecule has 0 radical (unpaired) electrons. The minimum atomic E-state index is 0.540. The normalized spacial score (nSPS) is 11.1. The molecule has 0 saturated carbocycles. The number of rotatable bonds is 9. The Morgan fingerprint density at radius 2 is 0.488 bits per heavy atom. The van der Waals surface area contributed by atoms with E-state index in [1.807, 2.05) is 79.8 Å². The maximum Gasteiger partial charge on any atom is 0.0736 e. The Balaban J connectivity index is 0.000000143. The zero-order valence-electron chi connectivity index (χ0n) is 75.1. The quantitative estimate of drug-likeness (QED) is 0.141. The molecule has 0 amide bonds. The van der Waals surface area contributed by atoms with Gasteiger partial charge in [-0.2, -0.15) is 0 Å². The third-order valence-corrected chi connectivity index (χ3v) is 21.7. The van der Waals surface area contributed by atoms with Gasteiger partial charge in [-0.05, 0) is 273 Å². The van der Waals surface area contributed by atoms with Gasteiger partial charge in [0, 0.05) is 92.7 Å². The Kier molecular flexibility index (Phi) is 33.5. The molecule has 0 aliphatic heterocycles. The van der Waals surface area contributed by atoms with E-state index in [-0.39, 0.29) is 0 Å². The lowest BCUT2D eigenvalue weighted by Gasteiger charge is -2.08. The summed E-state index contributed by atoms with van der Waals surface area (Å²) in [6.07, 6.45) is 14.8. The van der Waals surface area contributed by atoms with Crippen molar-refractivity contribution in [3.63, 3.8) is 0 Å². The van der Waals surface area contributed by atoms with Crippen LogP contribution in [-0.2, 0) is 0 Å². The molecule has 8 nitrogen and oxygen atoms in total. The summed E-state index contributed by atoms with van der Waals surface area (Å²) in [5, 5.41) is 13.2. The highest BCUT2D eigenvalue weighted by atomic mass is 35.5. The Labute approximate surface area is 725 Å². The van der Waals surface area contributed by atoms with Gasteiger partial charge >= 0.3 is 0 Å².